The highest BCUT2D eigenvalue weighted by atomic mass is 16.5. The van der Waals surface area contributed by atoms with Crippen LogP contribution in [0.1, 0.15) is 36.9 Å². The smallest absolute Gasteiger partial charge is 0.124 e. The number of ether oxygens (including phenoxy) is 2. The van der Waals surface area contributed by atoms with E-state index in [4.69, 9.17) is 14.6 Å². The maximum absolute atomic E-state index is 8.75. The third kappa shape index (κ3) is 5.19. The molecule has 0 bridgehead atoms. The van der Waals surface area contributed by atoms with E-state index in [1.807, 2.05) is 6.07 Å². The van der Waals surface area contributed by atoms with Gasteiger partial charge in [0.2, 0.25) is 0 Å². The monoisotopic (exact) mass is 267 g/mol. The van der Waals surface area contributed by atoms with Crippen molar-refractivity contribution < 1.29 is 14.6 Å². The predicted octanol–water partition coefficient (Wildman–Crippen LogP) is 2.26. The molecular formula is C15H25NO3. The van der Waals surface area contributed by atoms with Crippen LogP contribution in [0.25, 0.3) is 0 Å². The van der Waals surface area contributed by atoms with E-state index < -0.39 is 0 Å². The average Bonchev–Trinajstić information content (AvgIpc) is 2.43. The first kappa shape index (κ1) is 16.0. The zero-order chi connectivity index (χ0) is 14.1. The Bertz CT molecular complexity index is 368. The van der Waals surface area contributed by atoms with Crippen molar-refractivity contribution in [2.45, 2.75) is 32.4 Å². The van der Waals surface area contributed by atoms with E-state index in [0.29, 0.717) is 6.61 Å². The number of methoxy groups -OCH3 is 2. The zero-order valence-electron chi connectivity index (χ0n) is 12.1. The second-order valence-corrected chi connectivity index (χ2v) is 4.61. The Morgan fingerprint density at radius 1 is 1.26 bits per heavy atom. The molecule has 1 aromatic rings. The molecule has 0 aromatic heterocycles. The third-order valence-electron chi connectivity index (χ3n) is 3.14. The number of aliphatic hydroxyl groups is 1. The fraction of sp³-hybridized carbons (Fsp3) is 0.600. The first-order valence-electron chi connectivity index (χ1n) is 6.73. The van der Waals surface area contributed by atoms with E-state index in [0.717, 1.165) is 30.7 Å². The summed E-state index contributed by atoms with van der Waals surface area (Å²) in [7, 11) is 3.35. The number of aliphatic hydroxyl groups excluding tert-OH is 1. The third-order valence-corrected chi connectivity index (χ3v) is 3.14. The summed E-state index contributed by atoms with van der Waals surface area (Å²) in [6.45, 7) is 3.86. The van der Waals surface area contributed by atoms with Crippen LogP contribution < -0.4 is 10.1 Å². The number of unbranched alkanes of at least 4 members (excludes halogenated alkanes) is 1. The molecule has 1 unspecified atom stereocenters. The number of hydrogen-bond acceptors (Lipinski definition) is 4. The highest BCUT2D eigenvalue weighted by Crippen LogP contribution is 2.24. The van der Waals surface area contributed by atoms with E-state index in [1.54, 1.807) is 14.2 Å². The summed E-state index contributed by atoms with van der Waals surface area (Å²) in [4.78, 5) is 0. The van der Waals surface area contributed by atoms with Crippen LogP contribution in [0.5, 0.6) is 5.75 Å². The van der Waals surface area contributed by atoms with Gasteiger partial charge in [0.1, 0.15) is 5.75 Å². The summed E-state index contributed by atoms with van der Waals surface area (Å²) in [6.07, 6.45) is 1.83. The Balaban J connectivity index is 2.63. The van der Waals surface area contributed by atoms with Gasteiger partial charge in [-0.3, -0.25) is 0 Å². The summed E-state index contributed by atoms with van der Waals surface area (Å²) in [5.74, 6) is 0.859. The molecule has 0 fully saturated rings. The van der Waals surface area contributed by atoms with Crippen LogP contribution in [0, 0.1) is 0 Å². The fourth-order valence-corrected chi connectivity index (χ4v) is 2.01. The average molecular weight is 267 g/mol. The molecule has 0 radical (unpaired) electrons. The van der Waals surface area contributed by atoms with Gasteiger partial charge in [-0.25, -0.2) is 0 Å². The standard InChI is InChI=1S/C15H25NO3/c1-12(16-8-4-5-9-17)13-6-7-15(19-3)14(10-13)11-18-2/h6-7,10,12,16-17H,4-5,8-9,11H2,1-3H3. The predicted molar refractivity (Wildman–Crippen MR) is 76.4 cm³/mol. The quantitative estimate of drug-likeness (QED) is 0.674. The molecule has 1 aromatic carbocycles. The van der Waals surface area contributed by atoms with Gasteiger partial charge in [-0.15, -0.1) is 0 Å². The molecule has 0 amide bonds. The van der Waals surface area contributed by atoms with Crippen LogP contribution in [0.2, 0.25) is 0 Å². The fourth-order valence-electron chi connectivity index (χ4n) is 2.01. The number of rotatable bonds is 9. The minimum absolute atomic E-state index is 0.260. The molecule has 4 heteroatoms. The summed E-state index contributed by atoms with van der Waals surface area (Å²) >= 11 is 0. The molecule has 0 heterocycles. The van der Waals surface area contributed by atoms with Crippen molar-refractivity contribution in [2.24, 2.45) is 0 Å². The van der Waals surface area contributed by atoms with Gasteiger partial charge in [-0.1, -0.05) is 6.07 Å². The molecule has 108 valence electrons. The van der Waals surface area contributed by atoms with Crippen molar-refractivity contribution in [3.63, 3.8) is 0 Å². The highest BCUT2D eigenvalue weighted by Gasteiger charge is 2.09. The van der Waals surface area contributed by atoms with Crippen LogP contribution in [0.4, 0.5) is 0 Å². The molecule has 1 atom stereocenters. The number of hydrogen-bond donors (Lipinski definition) is 2. The van der Waals surface area contributed by atoms with E-state index in [-0.39, 0.29) is 12.6 Å². The highest BCUT2D eigenvalue weighted by molar-refractivity contribution is 5.38. The summed E-state index contributed by atoms with van der Waals surface area (Å²) in [5, 5.41) is 12.2. The lowest BCUT2D eigenvalue weighted by atomic mass is 10.0. The van der Waals surface area contributed by atoms with Crippen molar-refractivity contribution in [1.29, 1.82) is 0 Å². The minimum Gasteiger partial charge on any atom is -0.496 e. The van der Waals surface area contributed by atoms with Crippen molar-refractivity contribution in [2.75, 3.05) is 27.4 Å². The molecule has 0 saturated heterocycles. The summed E-state index contributed by atoms with van der Waals surface area (Å²) < 4.78 is 10.5. The minimum atomic E-state index is 0.260. The Morgan fingerprint density at radius 2 is 2.05 bits per heavy atom. The van der Waals surface area contributed by atoms with Gasteiger partial charge in [-0.05, 0) is 44.0 Å². The van der Waals surface area contributed by atoms with E-state index >= 15 is 0 Å². The van der Waals surface area contributed by atoms with Gasteiger partial charge in [-0.2, -0.15) is 0 Å². The maximum atomic E-state index is 8.75. The lowest BCUT2D eigenvalue weighted by Gasteiger charge is -2.16. The zero-order valence-corrected chi connectivity index (χ0v) is 12.1. The van der Waals surface area contributed by atoms with E-state index in [2.05, 4.69) is 24.4 Å². The molecule has 4 nitrogen and oxygen atoms in total. The van der Waals surface area contributed by atoms with Gasteiger partial charge < -0.3 is 19.9 Å². The summed E-state index contributed by atoms with van der Waals surface area (Å²) in [5.41, 5.74) is 2.28. The molecule has 0 aliphatic carbocycles. The Morgan fingerprint density at radius 3 is 2.68 bits per heavy atom. The molecule has 0 saturated carbocycles. The van der Waals surface area contributed by atoms with Crippen LogP contribution in [0.3, 0.4) is 0 Å². The van der Waals surface area contributed by atoms with E-state index in [1.165, 1.54) is 5.56 Å². The van der Waals surface area contributed by atoms with Gasteiger partial charge in [0.25, 0.3) is 0 Å². The second-order valence-electron chi connectivity index (χ2n) is 4.61. The molecule has 0 aliphatic rings. The van der Waals surface area contributed by atoms with Gasteiger partial charge in [0.05, 0.1) is 13.7 Å². The second kappa shape index (κ2) is 8.91. The van der Waals surface area contributed by atoms with Crippen LogP contribution >= 0.6 is 0 Å². The first-order chi connectivity index (χ1) is 9.22. The van der Waals surface area contributed by atoms with Gasteiger partial charge in [0.15, 0.2) is 0 Å². The number of nitrogens with one attached hydrogen (secondary N) is 1. The van der Waals surface area contributed by atoms with Crippen molar-refractivity contribution in [3.05, 3.63) is 29.3 Å². The topological polar surface area (TPSA) is 50.7 Å². The van der Waals surface area contributed by atoms with Crippen LogP contribution in [-0.4, -0.2) is 32.5 Å². The van der Waals surface area contributed by atoms with Gasteiger partial charge in [0, 0.05) is 25.3 Å². The maximum Gasteiger partial charge on any atom is 0.124 e. The first-order valence-corrected chi connectivity index (χ1v) is 6.73. The lowest BCUT2D eigenvalue weighted by Crippen LogP contribution is -2.20. The SMILES string of the molecule is COCc1cc(C(C)NCCCCO)ccc1OC. The van der Waals surface area contributed by atoms with E-state index in [9.17, 15) is 0 Å². The number of benzene rings is 1. The molecule has 0 aliphatic heterocycles. The molecule has 0 spiro atoms. The van der Waals surface area contributed by atoms with Crippen molar-refractivity contribution in [1.82, 2.24) is 5.32 Å². The largest absolute Gasteiger partial charge is 0.496 e. The molecule has 19 heavy (non-hydrogen) atoms. The van der Waals surface area contributed by atoms with Crippen molar-refractivity contribution >= 4 is 0 Å². The molecule has 2 N–H and O–H groups in total. The summed E-state index contributed by atoms with van der Waals surface area (Å²) in [6, 6.07) is 6.45. The molecular weight excluding hydrogens is 242 g/mol. The Hall–Kier alpha value is -1.10. The van der Waals surface area contributed by atoms with Crippen LogP contribution in [-0.2, 0) is 11.3 Å². The molecule has 1 rings (SSSR count). The Kier molecular flexibility index (Phi) is 7.48. The lowest BCUT2D eigenvalue weighted by molar-refractivity contribution is 0.181. The Labute approximate surface area is 115 Å². The van der Waals surface area contributed by atoms with Crippen LogP contribution in [0.15, 0.2) is 18.2 Å². The normalized spacial score (nSPS) is 12.4. The van der Waals surface area contributed by atoms with Crippen molar-refractivity contribution in [3.8, 4) is 5.75 Å². The van der Waals surface area contributed by atoms with Gasteiger partial charge >= 0.3 is 0 Å².